The van der Waals surface area contributed by atoms with Gasteiger partial charge in [-0.15, -0.1) is 0 Å². The number of carbonyl (C=O) groups is 4. The van der Waals surface area contributed by atoms with Crippen LogP contribution in [0.4, 0.5) is 0 Å². The number of β-amino-alcohol motifs (C(OH)–C–C–N with tert-alkyl or cyclic N) is 1. The zero-order valence-electron chi connectivity index (χ0n) is 38.3. The molecule has 2 fully saturated rings. The van der Waals surface area contributed by atoms with Crippen LogP contribution in [-0.2, 0) is 25.7 Å². The first kappa shape index (κ1) is 49.0. The molecule has 346 valence electrons. The molecule has 1 unspecified atom stereocenters. The molecule has 4 aromatic rings. The SMILES string of the molecule is CC(C)(C)C(NC(=O)COCCOc1ccc(-c2ccc(C(=O)NC3C(C)(C)C(Oc4ccc(C#N)c(Cl)c4)C3(C)C)cc2)cc1)C(=O)N1C[C@H](O)C[C@H]1C(=O)NCc1ccc(C#N)cc1. The van der Waals surface area contributed by atoms with Gasteiger partial charge in [0.25, 0.3) is 5.91 Å². The second kappa shape index (κ2) is 20.4. The smallest absolute Gasteiger partial charge is 0.251 e. The maximum absolute atomic E-state index is 13.9. The lowest BCUT2D eigenvalue weighted by Gasteiger charge is -2.63. The first-order valence-corrected chi connectivity index (χ1v) is 22.2. The van der Waals surface area contributed by atoms with E-state index in [2.05, 4.69) is 55.8 Å². The number of aliphatic hydroxyl groups is 1. The fourth-order valence-electron chi connectivity index (χ4n) is 9.08. The van der Waals surface area contributed by atoms with E-state index in [-0.39, 0.29) is 57.4 Å². The second-order valence-corrected chi connectivity index (χ2v) is 19.5. The molecule has 1 saturated heterocycles. The van der Waals surface area contributed by atoms with Gasteiger partial charge in [0, 0.05) is 48.0 Å². The van der Waals surface area contributed by atoms with Gasteiger partial charge in [-0.2, -0.15) is 10.5 Å². The van der Waals surface area contributed by atoms with Crippen LogP contribution in [0.5, 0.6) is 11.5 Å². The molecule has 0 spiro atoms. The van der Waals surface area contributed by atoms with E-state index in [1.165, 1.54) is 4.90 Å². The van der Waals surface area contributed by atoms with E-state index < -0.39 is 52.2 Å². The fraction of sp³-hybridized carbons (Fsp3) is 0.412. The number of rotatable bonds is 16. The van der Waals surface area contributed by atoms with Gasteiger partial charge in [0.2, 0.25) is 17.7 Å². The van der Waals surface area contributed by atoms with E-state index in [9.17, 15) is 29.5 Å². The maximum atomic E-state index is 13.9. The number of likely N-dealkylation sites (tertiary alicyclic amines) is 1. The van der Waals surface area contributed by atoms with Crippen molar-refractivity contribution in [1.82, 2.24) is 20.9 Å². The molecule has 14 nitrogen and oxygen atoms in total. The minimum atomic E-state index is -1.000. The summed E-state index contributed by atoms with van der Waals surface area (Å²) in [5, 5.41) is 37.9. The van der Waals surface area contributed by atoms with Crippen LogP contribution in [0.1, 0.15) is 81.9 Å². The molecule has 0 radical (unpaired) electrons. The molecule has 1 saturated carbocycles. The number of ether oxygens (including phenoxy) is 3. The normalized spacial score (nSPS) is 19.8. The Labute approximate surface area is 391 Å². The van der Waals surface area contributed by atoms with Crippen molar-refractivity contribution in [1.29, 1.82) is 10.5 Å². The van der Waals surface area contributed by atoms with Gasteiger partial charge in [-0.1, -0.05) is 96.5 Å². The van der Waals surface area contributed by atoms with Crippen LogP contribution >= 0.6 is 11.6 Å². The zero-order valence-corrected chi connectivity index (χ0v) is 39.1. The predicted molar refractivity (Wildman–Crippen MR) is 248 cm³/mol. The number of halogens is 1. The molecule has 0 bridgehead atoms. The molecule has 4 N–H and O–H groups in total. The summed E-state index contributed by atoms with van der Waals surface area (Å²) >= 11 is 6.24. The average molecular weight is 918 g/mol. The first-order chi connectivity index (χ1) is 31.2. The second-order valence-electron chi connectivity index (χ2n) is 19.1. The molecular formula is C51H57ClN6O8. The summed E-state index contributed by atoms with van der Waals surface area (Å²) < 4.78 is 17.8. The van der Waals surface area contributed by atoms with Crippen LogP contribution in [0.2, 0.25) is 5.02 Å². The van der Waals surface area contributed by atoms with Gasteiger partial charge in [-0.05, 0) is 70.6 Å². The molecule has 3 atom stereocenters. The minimum Gasteiger partial charge on any atom is -0.491 e. The summed E-state index contributed by atoms with van der Waals surface area (Å²) in [7, 11) is 0. The molecule has 4 aromatic carbocycles. The van der Waals surface area contributed by atoms with E-state index in [1.807, 2.05) is 36.4 Å². The highest BCUT2D eigenvalue weighted by Gasteiger charge is 2.64. The number of hydrogen-bond donors (Lipinski definition) is 4. The van der Waals surface area contributed by atoms with Gasteiger partial charge in [-0.3, -0.25) is 19.2 Å². The molecule has 1 aliphatic heterocycles. The Morgan fingerprint density at radius 2 is 1.48 bits per heavy atom. The van der Waals surface area contributed by atoms with Crippen LogP contribution in [0.25, 0.3) is 11.1 Å². The Morgan fingerprint density at radius 3 is 2.08 bits per heavy atom. The summed E-state index contributed by atoms with van der Waals surface area (Å²) in [6.07, 6.45) is -1.06. The van der Waals surface area contributed by atoms with Gasteiger partial charge in [0.15, 0.2) is 0 Å². The highest BCUT2D eigenvalue weighted by Crippen LogP contribution is 2.55. The molecule has 15 heteroatoms. The van der Waals surface area contributed by atoms with Crippen LogP contribution in [0.15, 0.2) is 91.0 Å². The highest BCUT2D eigenvalue weighted by molar-refractivity contribution is 6.31. The zero-order chi connectivity index (χ0) is 48.0. The number of nitriles is 2. The van der Waals surface area contributed by atoms with Crippen molar-refractivity contribution in [2.75, 3.05) is 26.4 Å². The lowest BCUT2D eigenvalue weighted by molar-refractivity contribution is -0.164. The number of carbonyl (C=O) groups excluding carboxylic acids is 4. The third-order valence-corrected chi connectivity index (χ3v) is 12.6. The third kappa shape index (κ3) is 11.3. The Kier molecular flexibility index (Phi) is 15.1. The van der Waals surface area contributed by atoms with E-state index in [1.54, 1.807) is 75.4 Å². The van der Waals surface area contributed by atoms with Gasteiger partial charge in [0.1, 0.15) is 49.0 Å². The molecular weight excluding hydrogens is 860 g/mol. The average Bonchev–Trinajstić information content (AvgIpc) is 3.69. The molecule has 1 heterocycles. The summed E-state index contributed by atoms with van der Waals surface area (Å²) in [6.45, 7) is 13.7. The third-order valence-electron chi connectivity index (χ3n) is 12.3. The van der Waals surface area contributed by atoms with E-state index >= 15 is 0 Å². The Bertz CT molecular complexity index is 2470. The first-order valence-electron chi connectivity index (χ1n) is 21.9. The van der Waals surface area contributed by atoms with Crippen molar-refractivity contribution in [3.8, 4) is 34.8 Å². The number of aliphatic hydroxyl groups excluding tert-OH is 1. The number of nitrogens with zero attached hydrogens (tertiary/aromatic N) is 3. The minimum absolute atomic E-state index is 0.0483. The Hall–Kier alpha value is -6.45. The largest absolute Gasteiger partial charge is 0.491 e. The van der Waals surface area contributed by atoms with E-state index in [4.69, 9.17) is 31.1 Å². The van der Waals surface area contributed by atoms with Crippen LogP contribution in [-0.4, -0.2) is 90.3 Å². The van der Waals surface area contributed by atoms with Crippen LogP contribution < -0.4 is 25.4 Å². The van der Waals surface area contributed by atoms with Gasteiger partial charge < -0.3 is 40.2 Å². The van der Waals surface area contributed by atoms with E-state index in [0.717, 1.165) is 16.7 Å². The number of hydrogen-bond acceptors (Lipinski definition) is 10. The number of amides is 4. The van der Waals surface area contributed by atoms with Gasteiger partial charge >= 0.3 is 0 Å². The molecule has 1 aliphatic carbocycles. The van der Waals surface area contributed by atoms with Crippen molar-refractivity contribution in [2.45, 2.75) is 91.8 Å². The topological polar surface area (TPSA) is 203 Å². The van der Waals surface area contributed by atoms with Gasteiger partial charge in [0.05, 0.1) is 34.9 Å². The maximum Gasteiger partial charge on any atom is 0.251 e. The van der Waals surface area contributed by atoms with Crippen molar-refractivity contribution in [3.63, 3.8) is 0 Å². The summed E-state index contributed by atoms with van der Waals surface area (Å²) in [6, 6.07) is 28.6. The molecule has 2 aliphatic rings. The van der Waals surface area contributed by atoms with Crippen molar-refractivity contribution in [3.05, 3.63) is 118 Å². The number of benzene rings is 4. The summed E-state index contributed by atoms with van der Waals surface area (Å²) in [4.78, 5) is 54.9. The van der Waals surface area contributed by atoms with Gasteiger partial charge in [-0.25, -0.2) is 0 Å². The quantitative estimate of drug-likeness (QED) is 0.0891. The Balaban J connectivity index is 0.936. The summed E-state index contributed by atoms with van der Waals surface area (Å²) in [5.74, 6) is -0.441. The van der Waals surface area contributed by atoms with Crippen LogP contribution in [0.3, 0.4) is 0 Å². The van der Waals surface area contributed by atoms with Crippen molar-refractivity contribution >= 4 is 35.2 Å². The lowest BCUT2D eigenvalue weighted by atomic mass is 9.49. The van der Waals surface area contributed by atoms with E-state index in [0.29, 0.717) is 33.2 Å². The standard InChI is InChI=1S/C51H57ClN6O8/c1-49(2,3)43(46(63)58-29-37(59)24-41(58)45(62)55-28-32-10-8-31(26-53)9-11-32)56-42(60)30-64-22-23-65-38-19-16-34(17-20-38)33-12-14-35(15-13-33)44(61)57-47-50(4,5)48(51(47,6)7)66-39-21-18-36(27-54)40(52)25-39/h8-21,25,37,41,43,47-48,59H,22-24,28-30H2,1-7H3,(H,55,62)(H,56,60)(H,57,61)/t37-,41+,43?,47?,48?/m1/s1. The monoisotopic (exact) mass is 916 g/mol. The fourth-order valence-corrected chi connectivity index (χ4v) is 9.29. The molecule has 66 heavy (non-hydrogen) atoms. The van der Waals surface area contributed by atoms with Crippen LogP contribution in [0, 0.1) is 38.9 Å². The molecule has 6 rings (SSSR count). The predicted octanol–water partition coefficient (Wildman–Crippen LogP) is 6.57. The molecule has 4 amide bonds. The summed E-state index contributed by atoms with van der Waals surface area (Å²) in [5.41, 5.74) is 2.50. The highest BCUT2D eigenvalue weighted by atomic mass is 35.5. The lowest BCUT2D eigenvalue weighted by Crippen LogP contribution is -2.74. The molecule has 0 aromatic heterocycles. The van der Waals surface area contributed by atoms with Crippen molar-refractivity contribution < 1.29 is 38.5 Å². The Morgan fingerprint density at radius 1 is 0.864 bits per heavy atom. The van der Waals surface area contributed by atoms with Crippen molar-refractivity contribution in [2.24, 2.45) is 16.2 Å². The number of nitrogens with one attached hydrogen (secondary N) is 3.